The third kappa shape index (κ3) is 2.70. The van der Waals surface area contributed by atoms with E-state index in [0.717, 1.165) is 22.4 Å². The zero-order valence-electron chi connectivity index (χ0n) is 11.4. The molecule has 0 aliphatic carbocycles. The molecule has 0 bridgehead atoms. The third-order valence-corrected chi connectivity index (χ3v) is 3.40. The number of rotatable bonds is 4. The highest BCUT2D eigenvalue weighted by molar-refractivity contribution is 5.83. The summed E-state index contributed by atoms with van der Waals surface area (Å²) < 4.78 is 5.09. The van der Waals surface area contributed by atoms with E-state index in [-0.39, 0.29) is 11.9 Å². The van der Waals surface area contributed by atoms with E-state index >= 15 is 0 Å². The second kappa shape index (κ2) is 5.74. The lowest BCUT2D eigenvalue weighted by atomic mass is 9.97. The molecule has 1 aromatic rings. The van der Waals surface area contributed by atoms with Gasteiger partial charge >= 0.3 is 5.97 Å². The van der Waals surface area contributed by atoms with Crippen molar-refractivity contribution in [3.63, 3.8) is 0 Å². The number of hydrogen-bond donors (Lipinski definition) is 1. The number of hydrogen-bond acceptors (Lipinski definition) is 3. The van der Waals surface area contributed by atoms with Crippen LogP contribution in [0.2, 0.25) is 0 Å². The second-order valence-corrected chi connectivity index (χ2v) is 4.59. The SMILES string of the molecule is C=C(C1=C(C)C(C(=O)OCC)CN1)c1ccccc1. The van der Waals surface area contributed by atoms with E-state index in [9.17, 15) is 4.79 Å². The van der Waals surface area contributed by atoms with Gasteiger partial charge in [-0.15, -0.1) is 0 Å². The van der Waals surface area contributed by atoms with E-state index in [1.165, 1.54) is 0 Å². The van der Waals surface area contributed by atoms with Crippen LogP contribution in [0.3, 0.4) is 0 Å². The normalized spacial score (nSPS) is 18.1. The Labute approximate surface area is 114 Å². The Bertz CT molecular complexity index is 517. The van der Waals surface area contributed by atoms with E-state index in [4.69, 9.17) is 4.74 Å². The van der Waals surface area contributed by atoms with Gasteiger partial charge in [-0.2, -0.15) is 0 Å². The van der Waals surface area contributed by atoms with Gasteiger partial charge in [0.1, 0.15) is 0 Å². The molecule has 0 spiro atoms. The smallest absolute Gasteiger partial charge is 0.314 e. The van der Waals surface area contributed by atoms with Crippen LogP contribution in [0.4, 0.5) is 0 Å². The molecule has 1 unspecified atom stereocenters. The number of esters is 1. The topological polar surface area (TPSA) is 38.3 Å². The van der Waals surface area contributed by atoms with Gasteiger partial charge in [-0.3, -0.25) is 4.79 Å². The Morgan fingerprint density at radius 1 is 1.42 bits per heavy atom. The molecule has 3 heteroatoms. The highest BCUT2D eigenvalue weighted by Gasteiger charge is 2.30. The van der Waals surface area contributed by atoms with Crippen LogP contribution in [-0.4, -0.2) is 19.1 Å². The van der Waals surface area contributed by atoms with Crippen molar-refractivity contribution in [1.82, 2.24) is 5.32 Å². The van der Waals surface area contributed by atoms with Crippen LogP contribution < -0.4 is 5.32 Å². The average molecular weight is 257 g/mol. The first-order valence-corrected chi connectivity index (χ1v) is 6.51. The molecule has 1 N–H and O–H groups in total. The van der Waals surface area contributed by atoms with Gasteiger partial charge in [0.2, 0.25) is 0 Å². The molecular weight excluding hydrogens is 238 g/mol. The molecule has 1 aliphatic heterocycles. The first-order valence-electron chi connectivity index (χ1n) is 6.51. The van der Waals surface area contributed by atoms with Crippen molar-refractivity contribution >= 4 is 11.5 Å². The minimum Gasteiger partial charge on any atom is -0.465 e. The number of allylic oxidation sites excluding steroid dienone is 1. The van der Waals surface area contributed by atoms with E-state index < -0.39 is 0 Å². The predicted octanol–water partition coefficient (Wildman–Crippen LogP) is 2.76. The summed E-state index contributed by atoms with van der Waals surface area (Å²) in [6.07, 6.45) is 0. The molecule has 0 aromatic heterocycles. The van der Waals surface area contributed by atoms with Gasteiger partial charge in [-0.25, -0.2) is 0 Å². The van der Waals surface area contributed by atoms with Crippen LogP contribution in [-0.2, 0) is 9.53 Å². The summed E-state index contributed by atoms with van der Waals surface area (Å²) in [7, 11) is 0. The highest BCUT2D eigenvalue weighted by atomic mass is 16.5. The molecule has 1 atom stereocenters. The van der Waals surface area contributed by atoms with Crippen LogP contribution in [0.25, 0.3) is 5.57 Å². The molecule has 0 saturated heterocycles. The van der Waals surface area contributed by atoms with Crippen molar-refractivity contribution < 1.29 is 9.53 Å². The van der Waals surface area contributed by atoms with Crippen molar-refractivity contribution in [2.24, 2.45) is 5.92 Å². The van der Waals surface area contributed by atoms with Crippen LogP contribution in [0, 0.1) is 5.92 Å². The van der Waals surface area contributed by atoms with Crippen molar-refractivity contribution in [1.29, 1.82) is 0 Å². The summed E-state index contributed by atoms with van der Waals surface area (Å²) in [5.41, 5.74) is 3.95. The third-order valence-electron chi connectivity index (χ3n) is 3.40. The fraction of sp³-hybridized carbons (Fsp3) is 0.312. The molecule has 100 valence electrons. The quantitative estimate of drug-likeness (QED) is 0.843. The number of nitrogens with one attached hydrogen (secondary N) is 1. The average Bonchev–Trinajstić information content (AvgIpc) is 2.81. The largest absolute Gasteiger partial charge is 0.465 e. The molecule has 1 heterocycles. The second-order valence-electron chi connectivity index (χ2n) is 4.59. The van der Waals surface area contributed by atoms with Gasteiger partial charge in [0.15, 0.2) is 0 Å². The predicted molar refractivity (Wildman–Crippen MR) is 76.3 cm³/mol. The van der Waals surface area contributed by atoms with E-state index in [1.807, 2.05) is 44.2 Å². The van der Waals surface area contributed by atoms with Crippen LogP contribution in [0.1, 0.15) is 19.4 Å². The van der Waals surface area contributed by atoms with Gasteiger partial charge in [-0.05, 0) is 30.6 Å². The number of benzene rings is 1. The summed E-state index contributed by atoms with van der Waals surface area (Å²) in [6, 6.07) is 9.97. The van der Waals surface area contributed by atoms with E-state index in [1.54, 1.807) is 0 Å². The van der Waals surface area contributed by atoms with Crippen molar-refractivity contribution in [2.75, 3.05) is 13.2 Å². The monoisotopic (exact) mass is 257 g/mol. The van der Waals surface area contributed by atoms with Crippen molar-refractivity contribution in [3.05, 3.63) is 53.7 Å². The maximum absolute atomic E-state index is 11.8. The standard InChI is InChI=1S/C16H19NO2/c1-4-19-16(18)14-10-17-15(12(14)3)11(2)13-8-6-5-7-9-13/h5-9,14,17H,2,4,10H2,1,3H3. The van der Waals surface area contributed by atoms with Gasteiger partial charge in [0.05, 0.1) is 12.5 Å². The summed E-state index contributed by atoms with van der Waals surface area (Å²) in [6.45, 7) is 8.91. The highest BCUT2D eigenvalue weighted by Crippen LogP contribution is 2.30. The van der Waals surface area contributed by atoms with Gasteiger partial charge in [0, 0.05) is 12.2 Å². The van der Waals surface area contributed by atoms with Crippen molar-refractivity contribution in [3.8, 4) is 0 Å². The lowest BCUT2D eigenvalue weighted by Gasteiger charge is -2.10. The Morgan fingerprint density at radius 3 is 2.74 bits per heavy atom. The molecule has 0 radical (unpaired) electrons. The minimum absolute atomic E-state index is 0.164. The maximum Gasteiger partial charge on any atom is 0.314 e. The molecule has 2 rings (SSSR count). The number of carbonyl (C=O) groups is 1. The summed E-state index contributed by atoms with van der Waals surface area (Å²) in [4.78, 5) is 11.8. The minimum atomic E-state index is -0.199. The molecule has 0 fully saturated rings. The first-order chi connectivity index (χ1) is 9.15. The molecule has 0 saturated carbocycles. The number of carbonyl (C=O) groups excluding carboxylic acids is 1. The van der Waals surface area contributed by atoms with Crippen LogP contribution in [0.15, 0.2) is 48.2 Å². The fourth-order valence-corrected chi connectivity index (χ4v) is 2.30. The van der Waals surface area contributed by atoms with Crippen LogP contribution in [0.5, 0.6) is 0 Å². The fourth-order valence-electron chi connectivity index (χ4n) is 2.30. The Morgan fingerprint density at radius 2 is 2.11 bits per heavy atom. The first kappa shape index (κ1) is 13.4. The Kier molecular flexibility index (Phi) is 4.05. The van der Waals surface area contributed by atoms with Gasteiger partial charge in [0.25, 0.3) is 0 Å². The van der Waals surface area contributed by atoms with Gasteiger partial charge < -0.3 is 10.1 Å². The molecule has 3 nitrogen and oxygen atoms in total. The molecular formula is C16H19NO2. The lowest BCUT2D eigenvalue weighted by Crippen LogP contribution is -2.22. The Hall–Kier alpha value is -2.03. The summed E-state index contributed by atoms with van der Waals surface area (Å²) in [5.74, 6) is -0.362. The number of ether oxygens (including phenoxy) is 1. The summed E-state index contributed by atoms with van der Waals surface area (Å²) in [5, 5.41) is 3.27. The van der Waals surface area contributed by atoms with Crippen LogP contribution >= 0.6 is 0 Å². The zero-order chi connectivity index (χ0) is 13.8. The van der Waals surface area contributed by atoms with E-state index in [2.05, 4.69) is 11.9 Å². The maximum atomic E-state index is 11.8. The zero-order valence-corrected chi connectivity index (χ0v) is 11.4. The van der Waals surface area contributed by atoms with Gasteiger partial charge in [-0.1, -0.05) is 36.9 Å². The molecule has 1 aliphatic rings. The molecule has 0 amide bonds. The van der Waals surface area contributed by atoms with Crippen molar-refractivity contribution in [2.45, 2.75) is 13.8 Å². The lowest BCUT2D eigenvalue weighted by molar-refractivity contribution is -0.146. The summed E-state index contributed by atoms with van der Waals surface area (Å²) >= 11 is 0. The molecule has 19 heavy (non-hydrogen) atoms. The molecule has 1 aromatic carbocycles. The van der Waals surface area contributed by atoms with E-state index in [0.29, 0.717) is 13.2 Å². The Balaban J connectivity index is 2.21.